The van der Waals surface area contributed by atoms with Gasteiger partial charge in [0.1, 0.15) is 17.2 Å². The van der Waals surface area contributed by atoms with Gasteiger partial charge in [-0.05, 0) is 42.5 Å². The van der Waals surface area contributed by atoms with E-state index in [1.807, 2.05) is 0 Å². The zero-order chi connectivity index (χ0) is 17.7. The molecule has 0 bridgehead atoms. The van der Waals surface area contributed by atoms with Crippen LogP contribution in [0.15, 0.2) is 41.4 Å². The van der Waals surface area contributed by atoms with Gasteiger partial charge in [0.05, 0.1) is 32.0 Å². The number of halogens is 1. The average molecular weight is 348 g/mol. The maximum absolute atomic E-state index is 12.5. The van der Waals surface area contributed by atoms with E-state index in [1.165, 1.54) is 19.3 Å². The lowest BCUT2D eigenvalue weighted by molar-refractivity contribution is 0.104. The van der Waals surface area contributed by atoms with Crippen LogP contribution in [0.1, 0.15) is 15.9 Å². The molecule has 0 radical (unpaired) electrons. The summed E-state index contributed by atoms with van der Waals surface area (Å²) in [6, 6.07) is 9.99. The number of hydrogen-bond donors (Lipinski definition) is 1. The molecule has 0 unspecified atom stereocenters. The highest BCUT2D eigenvalue weighted by Crippen LogP contribution is 2.29. The summed E-state index contributed by atoms with van der Waals surface area (Å²) in [7, 11) is 4.61. The lowest BCUT2D eigenvalue weighted by Gasteiger charge is -2.09. The number of carbonyl (C=O) groups excluding carboxylic acids is 1. The van der Waals surface area contributed by atoms with Gasteiger partial charge in [-0.3, -0.25) is 4.79 Å². The third-order valence-corrected chi connectivity index (χ3v) is 3.71. The second-order valence-corrected chi connectivity index (χ2v) is 5.29. The van der Waals surface area contributed by atoms with Crippen LogP contribution < -0.4 is 19.9 Å². The molecule has 2 N–H and O–H groups in total. The van der Waals surface area contributed by atoms with E-state index in [0.717, 1.165) is 0 Å². The standard InChI is InChI=1S/C18H18ClNO4/c1-22-13-5-7-16(23-2)12(8-13)9-14(19)18(21)11-4-6-17(24-3)15(20)10-11/h4-10H,20H2,1-3H3. The number of rotatable bonds is 6. The molecule has 0 fully saturated rings. The van der Waals surface area contributed by atoms with E-state index in [1.54, 1.807) is 44.6 Å². The van der Waals surface area contributed by atoms with Crippen LogP contribution in [-0.4, -0.2) is 27.1 Å². The fourth-order valence-corrected chi connectivity index (χ4v) is 2.39. The van der Waals surface area contributed by atoms with Crippen LogP contribution in [0.25, 0.3) is 6.08 Å². The molecule has 0 amide bonds. The topological polar surface area (TPSA) is 70.8 Å². The van der Waals surface area contributed by atoms with Gasteiger partial charge < -0.3 is 19.9 Å². The van der Waals surface area contributed by atoms with Gasteiger partial charge in [0.2, 0.25) is 5.78 Å². The normalized spacial score (nSPS) is 11.1. The Morgan fingerprint density at radius 2 is 1.67 bits per heavy atom. The van der Waals surface area contributed by atoms with Crippen molar-refractivity contribution in [2.24, 2.45) is 0 Å². The van der Waals surface area contributed by atoms with E-state index in [2.05, 4.69) is 0 Å². The van der Waals surface area contributed by atoms with Gasteiger partial charge in [-0.25, -0.2) is 0 Å². The van der Waals surface area contributed by atoms with Crippen molar-refractivity contribution in [3.8, 4) is 17.2 Å². The highest BCUT2D eigenvalue weighted by Gasteiger charge is 2.14. The predicted octanol–water partition coefficient (Wildman–Crippen LogP) is 3.76. The molecule has 24 heavy (non-hydrogen) atoms. The molecule has 0 aromatic heterocycles. The van der Waals surface area contributed by atoms with Crippen LogP contribution in [-0.2, 0) is 0 Å². The summed E-state index contributed by atoms with van der Waals surface area (Å²) in [5, 5.41) is 0.0334. The van der Waals surface area contributed by atoms with Crippen molar-refractivity contribution >= 4 is 29.1 Å². The number of methoxy groups -OCH3 is 3. The zero-order valence-electron chi connectivity index (χ0n) is 13.6. The molecule has 2 aromatic rings. The molecular formula is C18H18ClNO4. The van der Waals surface area contributed by atoms with Gasteiger partial charge in [0.25, 0.3) is 0 Å². The second kappa shape index (κ2) is 7.75. The molecular weight excluding hydrogens is 330 g/mol. The summed E-state index contributed by atoms with van der Waals surface area (Å²) >= 11 is 6.19. The van der Waals surface area contributed by atoms with Gasteiger partial charge in [-0.2, -0.15) is 0 Å². The number of allylic oxidation sites excluding steroid dienone is 1. The number of nitrogens with two attached hydrogens (primary N) is 1. The Hall–Kier alpha value is -2.66. The summed E-state index contributed by atoms with van der Waals surface area (Å²) in [5.41, 5.74) is 7.20. The van der Waals surface area contributed by atoms with Crippen LogP contribution in [0.2, 0.25) is 0 Å². The molecule has 0 aliphatic rings. The minimum absolute atomic E-state index is 0.0334. The van der Waals surface area contributed by atoms with Crippen LogP contribution in [0.4, 0.5) is 5.69 Å². The molecule has 0 aliphatic heterocycles. The van der Waals surface area contributed by atoms with Crippen LogP contribution in [0, 0.1) is 0 Å². The molecule has 2 aromatic carbocycles. The molecule has 6 heteroatoms. The Morgan fingerprint density at radius 3 is 2.25 bits per heavy atom. The lowest BCUT2D eigenvalue weighted by atomic mass is 10.1. The van der Waals surface area contributed by atoms with E-state index in [4.69, 9.17) is 31.5 Å². The molecule has 0 spiro atoms. The van der Waals surface area contributed by atoms with Gasteiger partial charge in [-0.15, -0.1) is 0 Å². The molecule has 0 saturated heterocycles. The molecule has 0 aliphatic carbocycles. The van der Waals surface area contributed by atoms with Crippen molar-refractivity contribution in [1.82, 2.24) is 0 Å². The SMILES string of the molecule is COc1ccc(OC)c(C=C(Cl)C(=O)c2ccc(OC)c(N)c2)c1. The highest BCUT2D eigenvalue weighted by atomic mass is 35.5. The quantitative estimate of drug-likeness (QED) is 0.489. The Kier molecular flexibility index (Phi) is 5.71. The van der Waals surface area contributed by atoms with Gasteiger partial charge in [0.15, 0.2) is 0 Å². The summed E-state index contributed by atoms with van der Waals surface area (Å²) in [5.74, 6) is 1.36. The Bertz CT molecular complexity index is 787. The maximum atomic E-state index is 12.5. The van der Waals surface area contributed by atoms with Crippen molar-refractivity contribution in [3.63, 3.8) is 0 Å². The monoisotopic (exact) mass is 347 g/mol. The first kappa shape index (κ1) is 17.7. The summed E-state index contributed by atoms with van der Waals surface area (Å²) in [4.78, 5) is 12.5. The van der Waals surface area contributed by atoms with Gasteiger partial charge in [0, 0.05) is 11.1 Å². The van der Waals surface area contributed by atoms with E-state index in [9.17, 15) is 4.79 Å². The molecule has 0 heterocycles. The van der Waals surface area contributed by atoms with Crippen molar-refractivity contribution in [2.75, 3.05) is 27.1 Å². The number of benzene rings is 2. The van der Waals surface area contributed by atoms with Gasteiger partial charge >= 0.3 is 0 Å². The van der Waals surface area contributed by atoms with E-state index < -0.39 is 0 Å². The smallest absolute Gasteiger partial charge is 0.204 e. The molecule has 0 atom stereocenters. The van der Waals surface area contributed by atoms with Crippen molar-refractivity contribution in [2.45, 2.75) is 0 Å². The summed E-state index contributed by atoms with van der Waals surface area (Å²) in [6.45, 7) is 0. The highest BCUT2D eigenvalue weighted by molar-refractivity contribution is 6.47. The fourth-order valence-electron chi connectivity index (χ4n) is 2.17. The number of anilines is 1. The number of ketones is 1. The van der Waals surface area contributed by atoms with Crippen molar-refractivity contribution < 1.29 is 19.0 Å². The van der Waals surface area contributed by atoms with Crippen LogP contribution >= 0.6 is 11.6 Å². The predicted molar refractivity (Wildman–Crippen MR) is 95.1 cm³/mol. The Morgan fingerprint density at radius 1 is 1.00 bits per heavy atom. The third-order valence-electron chi connectivity index (χ3n) is 3.43. The number of hydrogen-bond acceptors (Lipinski definition) is 5. The van der Waals surface area contributed by atoms with Crippen molar-refractivity contribution in [3.05, 3.63) is 52.6 Å². The largest absolute Gasteiger partial charge is 0.497 e. The first-order valence-electron chi connectivity index (χ1n) is 7.07. The van der Waals surface area contributed by atoms with Gasteiger partial charge in [-0.1, -0.05) is 11.6 Å². The number of nitrogen functional groups attached to an aromatic ring is 1. The van der Waals surface area contributed by atoms with E-state index >= 15 is 0 Å². The van der Waals surface area contributed by atoms with Crippen LogP contribution in [0.3, 0.4) is 0 Å². The van der Waals surface area contributed by atoms with Crippen molar-refractivity contribution in [1.29, 1.82) is 0 Å². The van der Waals surface area contributed by atoms with E-state index in [-0.39, 0.29) is 10.8 Å². The minimum Gasteiger partial charge on any atom is -0.497 e. The number of Topliss-reactive ketones (excluding diaryl/α,β-unsaturated/α-hetero) is 1. The number of ether oxygens (including phenoxy) is 3. The number of carbonyl (C=O) groups is 1. The minimum atomic E-state index is -0.351. The average Bonchev–Trinajstić information content (AvgIpc) is 2.60. The van der Waals surface area contributed by atoms with Crippen LogP contribution in [0.5, 0.6) is 17.2 Å². The zero-order valence-corrected chi connectivity index (χ0v) is 14.4. The third kappa shape index (κ3) is 3.81. The Labute approximate surface area is 145 Å². The first-order chi connectivity index (χ1) is 11.5. The van der Waals surface area contributed by atoms with E-state index in [0.29, 0.717) is 34.1 Å². The Balaban J connectivity index is 2.36. The first-order valence-corrected chi connectivity index (χ1v) is 7.45. The molecule has 0 saturated carbocycles. The molecule has 5 nitrogen and oxygen atoms in total. The second-order valence-electron chi connectivity index (χ2n) is 4.89. The lowest BCUT2D eigenvalue weighted by Crippen LogP contribution is -2.02. The summed E-state index contributed by atoms with van der Waals surface area (Å²) < 4.78 is 15.5. The summed E-state index contributed by atoms with van der Waals surface area (Å²) in [6.07, 6.45) is 1.53. The molecule has 126 valence electrons. The molecule has 2 rings (SSSR count). The fraction of sp³-hybridized carbons (Fsp3) is 0.167. The maximum Gasteiger partial charge on any atom is 0.204 e.